The predicted octanol–water partition coefficient (Wildman–Crippen LogP) is 2.53. The zero-order valence-electron chi connectivity index (χ0n) is 17.6. The molecule has 180 valence electrons. The standard InChI is InChI=1S/C20H28F3N3O5S/c21-20(22,23)7-1-2-15-3-4-17(24-14-15)16-5-10-26(11-6-16)32(29,30)19(18(27)25-28)8-12-31-13-9-19/h3-4,14,16,28H,1-2,5-13H2,(H,25,27). The van der Waals surface area contributed by atoms with Crippen LogP contribution in [0.5, 0.6) is 0 Å². The molecule has 0 aliphatic carbocycles. The van der Waals surface area contributed by atoms with Gasteiger partial charge in [-0.3, -0.25) is 15.0 Å². The lowest BCUT2D eigenvalue weighted by molar-refractivity contribution is -0.135. The van der Waals surface area contributed by atoms with Crippen molar-refractivity contribution in [3.8, 4) is 0 Å². The van der Waals surface area contributed by atoms with Gasteiger partial charge in [-0.15, -0.1) is 0 Å². The number of hydrogen-bond acceptors (Lipinski definition) is 6. The summed E-state index contributed by atoms with van der Waals surface area (Å²) in [5, 5.41) is 9.13. The molecule has 12 heteroatoms. The topological polar surface area (TPSA) is 109 Å². The molecular formula is C20H28F3N3O5S. The van der Waals surface area contributed by atoms with Gasteiger partial charge in [0.1, 0.15) is 0 Å². The van der Waals surface area contributed by atoms with Crippen molar-refractivity contribution in [3.63, 3.8) is 0 Å². The third-order valence-electron chi connectivity index (χ3n) is 6.30. The summed E-state index contributed by atoms with van der Waals surface area (Å²) in [6, 6.07) is 3.56. The summed E-state index contributed by atoms with van der Waals surface area (Å²) < 4.78 is 68.3. The van der Waals surface area contributed by atoms with E-state index in [2.05, 4.69) is 4.98 Å². The number of sulfonamides is 1. The molecule has 2 saturated heterocycles. The highest BCUT2D eigenvalue weighted by Crippen LogP contribution is 2.36. The van der Waals surface area contributed by atoms with Gasteiger partial charge in [-0.2, -0.15) is 13.2 Å². The van der Waals surface area contributed by atoms with Crippen LogP contribution in [0.1, 0.15) is 55.7 Å². The second-order valence-corrected chi connectivity index (χ2v) is 10.5. The molecule has 2 fully saturated rings. The van der Waals surface area contributed by atoms with Gasteiger partial charge in [-0.25, -0.2) is 18.2 Å². The van der Waals surface area contributed by atoms with Crippen molar-refractivity contribution in [3.05, 3.63) is 29.6 Å². The number of aromatic nitrogens is 1. The summed E-state index contributed by atoms with van der Waals surface area (Å²) in [5.41, 5.74) is 3.02. The van der Waals surface area contributed by atoms with Crippen LogP contribution in [0.4, 0.5) is 13.2 Å². The van der Waals surface area contributed by atoms with Gasteiger partial charge in [-0.05, 0) is 37.3 Å². The van der Waals surface area contributed by atoms with Gasteiger partial charge in [0.15, 0.2) is 4.75 Å². The fraction of sp³-hybridized carbons (Fsp3) is 0.700. The van der Waals surface area contributed by atoms with Crippen LogP contribution in [0, 0.1) is 0 Å². The first-order chi connectivity index (χ1) is 15.1. The average Bonchev–Trinajstić information content (AvgIpc) is 2.78. The predicted molar refractivity (Wildman–Crippen MR) is 108 cm³/mol. The van der Waals surface area contributed by atoms with Gasteiger partial charge in [-0.1, -0.05) is 6.07 Å². The highest BCUT2D eigenvalue weighted by atomic mass is 32.2. The van der Waals surface area contributed by atoms with E-state index in [0.29, 0.717) is 19.3 Å². The van der Waals surface area contributed by atoms with Crippen molar-refractivity contribution in [1.82, 2.24) is 14.8 Å². The Labute approximate surface area is 185 Å². The maximum atomic E-state index is 13.3. The molecule has 0 bridgehead atoms. The van der Waals surface area contributed by atoms with Gasteiger partial charge in [0.25, 0.3) is 5.91 Å². The molecule has 32 heavy (non-hydrogen) atoms. The molecule has 3 heterocycles. The molecule has 2 aliphatic heterocycles. The molecule has 3 rings (SSSR count). The third kappa shape index (κ3) is 5.41. The fourth-order valence-corrected chi connectivity index (χ4v) is 6.51. The minimum atomic E-state index is -4.16. The molecule has 2 aliphatic rings. The molecule has 0 spiro atoms. The van der Waals surface area contributed by atoms with E-state index >= 15 is 0 Å². The van der Waals surface area contributed by atoms with Crippen molar-refractivity contribution in [2.24, 2.45) is 0 Å². The number of alkyl halides is 3. The lowest BCUT2D eigenvalue weighted by atomic mass is 9.93. The number of rotatable bonds is 7. The monoisotopic (exact) mass is 479 g/mol. The Bertz CT molecular complexity index is 879. The van der Waals surface area contributed by atoms with E-state index in [4.69, 9.17) is 9.94 Å². The number of nitrogens with zero attached hydrogens (tertiary/aromatic N) is 2. The number of ether oxygens (including phenoxy) is 1. The zero-order valence-corrected chi connectivity index (χ0v) is 18.4. The van der Waals surface area contributed by atoms with Crippen LogP contribution >= 0.6 is 0 Å². The van der Waals surface area contributed by atoms with E-state index < -0.39 is 33.3 Å². The smallest absolute Gasteiger partial charge is 0.381 e. The average molecular weight is 480 g/mol. The van der Waals surface area contributed by atoms with Crippen molar-refractivity contribution >= 4 is 15.9 Å². The number of hydroxylamine groups is 1. The number of amides is 1. The number of carbonyl (C=O) groups excluding carboxylic acids is 1. The fourth-order valence-electron chi connectivity index (χ4n) is 4.36. The number of nitrogens with one attached hydrogen (secondary N) is 1. The Hall–Kier alpha value is -1.76. The Balaban J connectivity index is 1.61. The molecule has 2 N–H and O–H groups in total. The van der Waals surface area contributed by atoms with E-state index in [-0.39, 0.29) is 51.5 Å². The van der Waals surface area contributed by atoms with Crippen molar-refractivity contribution in [2.45, 2.75) is 61.8 Å². The normalized spacial score (nSPS) is 20.8. The summed E-state index contributed by atoms with van der Waals surface area (Å²) in [4.78, 5) is 16.7. The molecule has 0 aromatic carbocycles. The van der Waals surface area contributed by atoms with Gasteiger partial charge >= 0.3 is 6.18 Å². The summed E-state index contributed by atoms with van der Waals surface area (Å²) in [7, 11) is -4.02. The van der Waals surface area contributed by atoms with Crippen molar-refractivity contribution in [2.75, 3.05) is 26.3 Å². The van der Waals surface area contributed by atoms with Gasteiger partial charge in [0.05, 0.1) is 0 Å². The third-order valence-corrected chi connectivity index (χ3v) is 8.92. The minimum absolute atomic E-state index is 0.00891. The number of carbonyl (C=O) groups is 1. The quantitative estimate of drug-likeness (QED) is 0.460. The first kappa shape index (κ1) is 24.9. The number of aryl methyl sites for hydroxylation is 1. The van der Waals surface area contributed by atoms with Gasteiger partial charge in [0.2, 0.25) is 10.0 Å². The summed E-state index contributed by atoms with van der Waals surface area (Å²) in [6.07, 6.45) is -2.15. The summed E-state index contributed by atoms with van der Waals surface area (Å²) >= 11 is 0. The molecule has 8 nitrogen and oxygen atoms in total. The van der Waals surface area contributed by atoms with E-state index in [1.807, 2.05) is 0 Å². The van der Waals surface area contributed by atoms with Crippen molar-refractivity contribution in [1.29, 1.82) is 0 Å². The molecule has 0 saturated carbocycles. The number of piperidine rings is 1. The lowest BCUT2D eigenvalue weighted by Gasteiger charge is -2.40. The van der Waals surface area contributed by atoms with E-state index in [0.717, 1.165) is 11.3 Å². The Morgan fingerprint density at radius 2 is 1.91 bits per heavy atom. The first-order valence-corrected chi connectivity index (χ1v) is 12.1. The number of halogens is 3. The summed E-state index contributed by atoms with van der Waals surface area (Å²) in [6.45, 7) is 0.650. The second-order valence-electron chi connectivity index (χ2n) is 8.29. The lowest BCUT2D eigenvalue weighted by Crippen LogP contribution is -2.60. The van der Waals surface area contributed by atoms with Crippen LogP contribution in [0.15, 0.2) is 18.3 Å². The zero-order chi connectivity index (χ0) is 23.4. The van der Waals surface area contributed by atoms with E-state index in [9.17, 15) is 26.4 Å². The molecule has 0 atom stereocenters. The van der Waals surface area contributed by atoms with Crippen LogP contribution in [0.2, 0.25) is 0 Å². The largest absolute Gasteiger partial charge is 0.389 e. The first-order valence-electron chi connectivity index (χ1n) is 10.6. The minimum Gasteiger partial charge on any atom is -0.381 e. The molecule has 0 radical (unpaired) electrons. The number of hydrogen-bond donors (Lipinski definition) is 2. The van der Waals surface area contributed by atoms with Crippen LogP contribution in [0.3, 0.4) is 0 Å². The SMILES string of the molecule is O=C(NO)C1(S(=O)(=O)N2CCC(c3ccc(CCCC(F)(F)F)cn3)CC2)CCOCC1. The highest BCUT2D eigenvalue weighted by molar-refractivity contribution is 7.91. The van der Waals surface area contributed by atoms with E-state index in [1.165, 1.54) is 9.79 Å². The molecule has 1 amide bonds. The maximum Gasteiger partial charge on any atom is 0.389 e. The van der Waals surface area contributed by atoms with Crippen LogP contribution < -0.4 is 5.48 Å². The van der Waals surface area contributed by atoms with Crippen LogP contribution in [0.25, 0.3) is 0 Å². The maximum absolute atomic E-state index is 13.3. The Morgan fingerprint density at radius 1 is 1.25 bits per heavy atom. The van der Waals surface area contributed by atoms with Crippen molar-refractivity contribution < 1.29 is 36.3 Å². The van der Waals surface area contributed by atoms with Gasteiger partial charge < -0.3 is 4.74 Å². The Morgan fingerprint density at radius 3 is 2.44 bits per heavy atom. The Kier molecular flexibility index (Phi) is 7.79. The molecule has 1 aromatic heterocycles. The summed E-state index contributed by atoms with van der Waals surface area (Å²) in [5.74, 6) is -0.923. The molecule has 0 unspecified atom stereocenters. The van der Waals surface area contributed by atoms with Crippen LogP contribution in [-0.2, 0) is 26.0 Å². The van der Waals surface area contributed by atoms with Gasteiger partial charge in [0, 0.05) is 63.4 Å². The number of pyridine rings is 1. The van der Waals surface area contributed by atoms with Crippen LogP contribution in [-0.4, -0.2) is 66.0 Å². The molecular weight excluding hydrogens is 451 g/mol. The highest BCUT2D eigenvalue weighted by Gasteiger charge is 2.54. The van der Waals surface area contributed by atoms with E-state index in [1.54, 1.807) is 18.3 Å². The molecule has 1 aromatic rings. The second kappa shape index (κ2) is 10.0.